The van der Waals surface area contributed by atoms with Gasteiger partial charge in [-0.15, -0.1) is 11.3 Å². The molecule has 1 fully saturated rings. The maximum Gasteiger partial charge on any atom is 0.322 e. The largest absolute Gasteiger partial charge is 0.382 e. The average Bonchev–Trinajstić information content (AvgIpc) is 3.07. The number of carbonyl (C=O) groups is 2. The van der Waals surface area contributed by atoms with Crippen LogP contribution < -0.4 is 10.6 Å². The van der Waals surface area contributed by atoms with Crippen LogP contribution in [-0.4, -0.2) is 49.7 Å². The first kappa shape index (κ1) is 17.7. The summed E-state index contributed by atoms with van der Waals surface area (Å²) in [5.41, 5.74) is 0. The number of hydrogen-bond donors (Lipinski definition) is 2. The summed E-state index contributed by atoms with van der Waals surface area (Å²) in [5, 5.41) is 8.62. The van der Waals surface area contributed by atoms with E-state index in [1.807, 2.05) is 24.4 Å². The SMILES string of the molecule is CCOCCCNC(=O)C1CCN(C(=O)Nc2cccs2)CC1. The van der Waals surface area contributed by atoms with Crippen molar-refractivity contribution in [3.63, 3.8) is 0 Å². The Balaban J connectivity index is 1.64. The molecule has 0 aliphatic carbocycles. The Labute approximate surface area is 141 Å². The van der Waals surface area contributed by atoms with Gasteiger partial charge in [-0.05, 0) is 43.7 Å². The van der Waals surface area contributed by atoms with Gasteiger partial charge in [-0.25, -0.2) is 4.79 Å². The van der Waals surface area contributed by atoms with Gasteiger partial charge in [-0.1, -0.05) is 0 Å². The van der Waals surface area contributed by atoms with Crippen molar-refractivity contribution in [2.45, 2.75) is 26.2 Å². The first-order chi connectivity index (χ1) is 11.2. The molecule has 2 rings (SSSR count). The molecule has 7 heteroatoms. The molecule has 1 aromatic rings. The second-order valence-electron chi connectivity index (χ2n) is 5.51. The minimum absolute atomic E-state index is 0.00730. The van der Waals surface area contributed by atoms with Gasteiger partial charge in [0.1, 0.15) is 0 Å². The molecule has 0 bridgehead atoms. The number of amides is 3. The monoisotopic (exact) mass is 339 g/mol. The molecule has 2 N–H and O–H groups in total. The molecule has 1 aromatic heterocycles. The molecule has 128 valence electrons. The highest BCUT2D eigenvalue weighted by molar-refractivity contribution is 7.14. The summed E-state index contributed by atoms with van der Waals surface area (Å²) >= 11 is 1.50. The summed E-state index contributed by atoms with van der Waals surface area (Å²) in [6.45, 7) is 5.24. The zero-order valence-corrected chi connectivity index (χ0v) is 14.4. The van der Waals surface area contributed by atoms with Crippen LogP contribution in [0.5, 0.6) is 0 Å². The van der Waals surface area contributed by atoms with Crippen LogP contribution in [0.1, 0.15) is 26.2 Å². The van der Waals surface area contributed by atoms with Crippen LogP contribution in [0.25, 0.3) is 0 Å². The van der Waals surface area contributed by atoms with Crippen LogP contribution in [0, 0.1) is 5.92 Å². The topological polar surface area (TPSA) is 70.7 Å². The third-order valence-corrected chi connectivity index (χ3v) is 4.66. The van der Waals surface area contributed by atoms with E-state index >= 15 is 0 Å². The van der Waals surface area contributed by atoms with Crippen molar-refractivity contribution in [1.82, 2.24) is 10.2 Å². The van der Waals surface area contributed by atoms with Gasteiger partial charge in [-0.2, -0.15) is 0 Å². The fourth-order valence-corrected chi connectivity index (χ4v) is 3.16. The van der Waals surface area contributed by atoms with Crippen molar-refractivity contribution in [2.24, 2.45) is 5.92 Å². The van der Waals surface area contributed by atoms with E-state index in [2.05, 4.69) is 10.6 Å². The third-order valence-electron chi connectivity index (χ3n) is 3.87. The van der Waals surface area contributed by atoms with E-state index in [1.165, 1.54) is 11.3 Å². The fraction of sp³-hybridized carbons (Fsp3) is 0.625. The number of rotatable bonds is 7. The van der Waals surface area contributed by atoms with Gasteiger partial charge in [0.05, 0.1) is 5.00 Å². The van der Waals surface area contributed by atoms with Gasteiger partial charge in [0.25, 0.3) is 0 Å². The Hall–Kier alpha value is -1.60. The van der Waals surface area contributed by atoms with Crippen LogP contribution >= 0.6 is 11.3 Å². The lowest BCUT2D eigenvalue weighted by atomic mass is 9.96. The zero-order valence-electron chi connectivity index (χ0n) is 13.5. The second kappa shape index (κ2) is 9.52. The van der Waals surface area contributed by atoms with Crippen LogP contribution in [-0.2, 0) is 9.53 Å². The molecule has 2 heterocycles. The highest BCUT2D eigenvalue weighted by Gasteiger charge is 2.27. The summed E-state index contributed by atoms with van der Waals surface area (Å²) in [6, 6.07) is 3.70. The number of urea groups is 1. The fourth-order valence-electron chi connectivity index (χ4n) is 2.55. The molecule has 0 atom stereocenters. The molecule has 23 heavy (non-hydrogen) atoms. The Kier molecular flexibility index (Phi) is 7.35. The van der Waals surface area contributed by atoms with E-state index in [9.17, 15) is 9.59 Å². The lowest BCUT2D eigenvalue weighted by molar-refractivity contribution is -0.126. The molecule has 1 saturated heterocycles. The van der Waals surface area contributed by atoms with E-state index in [4.69, 9.17) is 4.74 Å². The molecular weight excluding hydrogens is 314 g/mol. The normalized spacial score (nSPS) is 15.4. The van der Waals surface area contributed by atoms with Crippen molar-refractivity contribution in [2.75, 3.05) is 38.2 Å². The van der Waals surface area contributed by atoms with E-state index in [1.54, 1.807) is 4.90 Å². The number of likely N-dealkylation sites (tertiary alicyclic amines) is 1. The summed E-state index contributed by atoms with van der Waals surface area (Å²) in [7, 11) is 0. The minimum atomic E-state index is -0.0805. The zero-order chi connectivity index (χ0) is 16.5. The molecular formula is C16H25N3O3S. The highest BCUT2D eigenvalue weighted by Crippen LogP contribution is 2.20. The lowest BCUT2D eigenvalue weighted by Gasteiger charge is -2.31. The molecule has 6 nitrogen and oxygen atoms in total. The second-order valence-corrected chi connectivity index (χ2v) is 6.46. The Morgan fingerprint density at radius 1 is 1.39 bits per heavy atom. The summed E-state index contributed by atoms with van der Waals surface area (Å²) in [5.74, 6) is 0.104. The number of carbonyl (C=O) groups excluding carboxylic acids is 2. The third kappa shape index (κ3) is 5.84. The first-order valence-corrected chi connectivity index (χ1v) is 9.03. The quantitative estimate of drug-likeness (QED) is 0.750. The van der Waals surface area contributed by atoms with Gasteiger partial charge in [0.2, 0.25) is 5.91 Å². The van der Waals surface area contributed by atoms with E-state index < -0.39 is 0 Å². The lowest BCUT2D eigenvalue weighted by Crippen LogP contribution is -2.44. The smallest absolute Gasteiger partial charge is 0.322 e. The molecule has 0 unspecified atom stereocenters. The van der Waals surface area contributed by atoms with Crippen LogP contribution in [0.15, 0.2) is 17.5 Å². The summed E-state index contributed by atoms with van der Waals surface area (Å²) < 4.78 is 5.24. The standard InChI is InChI=1S/C16H25N3O3S/c1-2-22-11-4-8-17-15(20)13-6-9-19(10-7-13)16(21)18-14-5-3-12-23-14/h3,5,12-13H,2,4,6-11H2,1H3,(H,17,20)(H,18,21). The molecule has 0 radical (unpaired) electrons. The number of nitrogens with zero attached hydrogens (tertiary/aromatic N) is 1. The molecule has 1 aliphatic heterocycles. The summed E-state index contributed by atoms with van der Waals surface area (Å²) in [6.07, 6.45) is 2.27. The number of anilines is 1. The van der Waals surface area contributed by atoms with Crippen molar-refractivity contribution >= 4 is 28.3 Å². The highest BCUT2D eigenvalue weighted by atomic mass is 32.1. The van der Waals surface area contributed by atoms with Crippen LogP contribution in [0.2, 0.25) is 0 Å². The maximum absolute atomic E-state index is 12.1. The van der Waals surface area contributed by atoms with Gasteiger partial charge in [-0.3, -0.25) is 10.1 Å². The van der Waals surface area contributed by atoms with Gasteiger partial charge in [0, 0.05) is 38.8 Å². The molecule has 0 aromatic carbocycles. The van der Waals surface area contributed by atoms with E-state index in [-0.39, 0.29) is 17.9 Å². The van der Waals surface area contributed by atoms with Crippen LogP contribution in [0.3, 0.4) is 0 Å². The van der Waals surface area contributed by atoms with Crippen molar-refractivity contribution in [3.05, 3.63) is 17.5 Å². The van der Waals surface area contributed by atoms with E-state index in [0.29, 0.717) is 32.8 Å². The molecule has 0 spiro atoms. The molecule has 1 aliphatic rings. The van der Waals surface area contributed by atoms with E-state index in [0.717, 1.165) is 24.3 Å². The Morgan fingerprint density at radius 3 is 2.83 bits per heavy atom. The predicted molar refractivity (Wildman–Crippen MR) is 91.8 cm³/mol. The number of piperidine rings is 1. The van der Waals surface area contributed by atoms with Gasteiger partial charge < -0.3 is 15.0 Å². The van der Waals surface area contributed by atoms with Crippen molar-refractivity contribution in [1.29, 1.82) is 0 Å². The number of ether oxygens (including phenoxy) is 1. The number of nitrogens with one attached hydrogen (secondary N) is 2. The Bertz CT molecular complexity index is 485. The maximum atomic E-state index is 12.1. The molecule has 0 saturated carbocycles. The summed E-state index contributed by atoms with van der Waals surface area (Å²) in [4.78, 5) is 26.0. The molecule has 3 amide bonds. The van der Waals surface area contributed by atoms with Crippen molar-refractivity contribution in [3.8, 4) is 0 Å². The average molecular weight is 339 g/mol. The van der Waals surface area contributed by atoms with Gasteiger partial charge >= 0.3 is 6.03 Å². The van der Waals surface area contributed by atoms with Gasteiger partial charge in [0.15, 0.2) is 0 Å². The predicted octanol–water partition coefficient (Wildman–Crippen LogP) is 2.53. The number of thiophene rings is 1. The number of hydrogen-bond acceptors (Lipinski definition) is 4. The van der Waals surface area contributed by atoms with Crippen molar-refractivity contribution < 1.29 is 14.3 Å². The minimum Gasteiger partial charge on any atom is -0.382 e. The Morgan fingerprint density at radius 2 is 2.17 bits per heavy atom. The first-order valence-electron chi connectivity index (χ1n) is 8.15. The van der Waals surface area contributed by atoms with Crippen LogP contribution in [0.4, 0.5) is 9.80 Å².